The second kappa shape index (κ2) is 4.97. The molecule has 2 aliphatic rings. The van der Waals surface area contributed by atoms with Crippen LogP contribution in [0.1, 0.15) is 25.7 Å². The Morgan fingerprint density at radius 2 is 2.00 bits per heavy atom. The van der Waals surface area contributed by atoms with E-state index in [0.29, 0.717) is 18.1 Å². The number of aromatic nitrogens is 2. The summed E-state index contributed by atoms with van der Waals surface area (Å²) in [4.78, 5) is 8.91. The van der Waals surface area contributed by atoms with Gasteiger partial charge in [0, 0.05) is 35.0 Å². The highest BCUT2D eigenvalue weighted by Gasteiger charge is 2.33. The highest BCUT2D eigenvalue weighted by Crippen LogP contribution is 2.30. The summed E-state index contributed by atoms with van der Waals surface area (Å²) in [7, 11) is 0. The van der Waals surface area contributed by atoms with Crippen LogP contribution in [0.2, 0.25) is 0 Å². The Balaban J connectivity index is 1.62. The van der Waals surface area contributed by atoms with Gasteiger partial charge in [-0.15, -0.1) is 0 Å². The van der Waals surface area contributed by atoms with E-state index < -0.39 is 0 Å². The van der Waals surface area contributed by atoms with Crippen molar-refractivity contribution in [1.29, 1.82) is 0 Å². The van der Waals surface area contributed by atoms with E-state index in [-0.39, 0.29) is 0 Å². The average molecular weight is 333 g/mol. The van der Waals surface area contributed by atoms with Crippen LogP contribution in [-0.4, -0.2) is 28.1 Å². The molecular formula is C15H17BrN4. The number of fused-ring (bicyclic) bond motifs is 3. The quantitative estimate of drug-likeness (QED) is 0.887. The first-order chi connectivity index (χ1) is 9.78. The van der Waals surface area contributed by atoms with E-state index in [4.69, 9.17) is 0 Å². The number of anilines is 1. The molecule has 0 aromatic carbocycles. The number of nitrogens with one attached hydrogen (secondary N) is 2. The molecule has 20 heavy (non-hydrogen) atoms. The molecule has 4 heterocycles. The molecule has 0 amide bonds. The molecule has 5 heteroatoms. The zero-order valence-corrected chi connectivity index (χ0v) is 12.7. The van der Waals surface area contributed by atoms with Gasteiger partial charge in [0.15, 0.2) is 0 Å². The Morgan fingerprint density at radius 1 is 1.20 bits per heavy atom. The van der Waals surface area contributed by atoms with Crippen LogP contribution in [0.25, 0.3) is 11.0 Å². The van der Waals surface area contributed by atoms with E-state index in [9.17, 15) is 0 Å². The van der Waals surface area contributed by atoms with Crippen molar-refractivity contribution in [2.45, 2.75) is 43.8 Å². The number of piperidine rings is 1. The lowest BCUT2D eigenvalue weighted by atomic mass is 9.99. The first-order valence-electron chi connectivity index (χ1n) is 7.21. The molecular weight excluding hydrogens is 316 g/mol. The average Bonchev–Trinajstić information content (AvgIpc) is 2.78. The summed E-state index contributed by atoms with van der Waals surface area (Å²) >= 11 is 3.45. The van der Waals surface area contributed by atoms with E-state index in [1.54, 1.807) is 0 Å². The molecule has 4 rings (SSSR count). The first kappa shape index (κ1) is 12.5. The maximum absolute atomic E-state index is 4.51. The fraction of sp³-hybridized carbons (Fsp3) is 0.467. The van der Waals surface area contributed by atoms with Crippen LogP contribution >= 0.6 is 15.9 Å². The largest absolute Gasteiger partial charge is 0.380 e. The van der Waals surface area contributed by atoms with Gasteiger partial charge >= 0.3 is 0 Å². The fourth-order valence-corrected chi connectivity index (χ4v) is 3.84. The highest BCUT2D eigenvalue weighted by molar-refractivity contribution is 9.10. The van der Waals surface area contributed by atoms with Crippen LogP contribution in [0.4, 0.5) is 5.69 Å². The van der Waals surface area contributed by atoms with Gasteiger partial charge in [-0.25, -0.2) is 0 Å². The van der Waals surface area contributed by atoms with E-state index in [0.717, 1.165) is 21.2 Å². The number of hydrogen-bond donors (Lipinski definition) is 2. The molecule has 2 aromatic heterocycles. The maximum atomic E-state index is 4.51. The van der Waals surface area contributed by atoms with Gasteiger partial charge in [0.1, 0.15) is 5.52 Å². The third-order valence-electron chi connectivity index (χ3n) is 4.38. The lowest BCUT2D eigenvalue weighted by molar-refractivity contribution is 0.378. The van der Waals surface area contributed by atoms with Crippen LogP contribution in [0.5, 0.6) is 0 Å². The molecule has 0 radical (unpaired) electrons. The van der Waals surface area contributed by atoms with E-state index in [2.05, 4.69) is 36.5 Å². The van der Waals surface area contributed by atoms with Crippen molar-refractivity contribution >= 4 is 32.7 Å². The summed E-state index contributed by atoms with van der Waals surface area (Å²) < 4.78 is 0.967. The molecule has 0 spiro atoms. The van der Waals surface area contributed by atoms with Gasteiger partial charge in [-0.05, 0) is 53.7 Å². The van der Waals surface area contributed by atoms with Crippen molar-refractivity contribution in [3.63, 3.8) is 0 Å². The van der Waals surface area contributed by atoms with Gasteiger partial charge in [0.25, 0.3) is 0 Å². The van der Waals surface area contributed by atoms with Gasteiger partial charge in [-0.1, -0.05) is 0 Å². The Labute approximate surface area is 126 Å². The Bertz CT molecular complexity index is 633. The third-order valence-corrected chi connectivity index (χ3v) is 4.81. The fourth-order valence-electron chi connectivity index (χ4n) is 3.52. The molecule has 0 saturated carbocycles. The zero-order chi connectivity index (χ0) is 13.5. The van der Waals surface area contributed by atoms with E-state index in [1.165, 1.54) is 25.7 Å². The lowest BCUT2D eigenvalue weighted by Gasteiger charge is -2.30. The normalized spacial score (nSPS) is 28.8. The predicted molar refractivity (Wildman–Crippen MR) is 83.8 cm³/mol. The van der Waals surface area contributed by atoms with Gasteiger partial charge in [0.2, 0.25) is 0 Å². The molecule has 4 nitrogen and oxygen atoms in total. The molecule has 2 unspecified atom stereocenters. The van der Waals surface area contributed by atoms with Crippen LogP contribution in [0, 0.1) is 0 Å². The summed E-state index contributed by atoms with van der Waals surface area (Å²) in [6.07, 6.45) is 8.75. The van der Waals surface area contributed by atoms with Crippen molar-refractivity contribution < 1.29 is 0 Å². The summed E-state index contributed by atoms with van der Waals surface area (Å²) in [5.74, 6) is 0. The summed E-state index contributed by atoms with van der Waals surface area (Å²) in [5, 5.41) is 7.36. The maximum Gasteiger partial charge on any atom is 0.112 e. The number of halogens is 1. The van der Waals surface area contributed by atoms with Crippen molar-refractivity contribution in [2.24, 2.45) is 0 Å². The SMILES string of the molecule is Brc1cnc2c(NC3CC4CCC(C3)N4)ccnc2c1. The van der Waals surface area contributed by atoms with Crippen LogP contribution < -0.4 is 10.6 Å². The van der Waals surface area contributed by atoms with Gasteiger partial charge in [0.05, 0.1) is 11.2 Å². The van der Waals surface area contributed by atoms with E-state index >= 15 is 0 Å². The van der Waals surface area contributed by atoms with Crippen molar-refractivity contribution in [2.75, 3.05) is 5.32 Å². The van der Waals surface area contributed by atoms with Gasteiger partial charge < -0.3 is 10.6 Å². The first-order valence-corrected chi connectivity index (χ1v) is 8.00. The molecule has 2 fully saturated rings. The van der Waals surface area contributed by atoms with Crippen molar-refractivity contribution in [3.8, 4) is 0 Å². The Kier molecular flexibility index (Phi) is 3.11. The number of pyridine rings is 2. The summed E-state index contributed by atoms with van der Waals surface area (Å²) in [6.45, 7) is 0. The molecule has 2 bridgehead atoms. The van der Waals surface area contributed by atoms with Crippen LogP contribution in [0.15, 0.2) is 29.0 Å². The smallest absolute Gasteiger partial charge is 0.112 e. The molecule has 2 saturated heterocycles. The monoisotopic (exact) mass is 332 g/mol. The van der Waals surface area contributed by atoms with Gasteiger partial charge in [-0.3, -0.25) is 9.97 Å². The number of hydrogen-bond acceptors (Lipinski definition) is 4. The number of rotatable bonds is 2. The second-order valence-electron chi connectivity index (χ2n) is 5.83. The minimum atomic E-state index is 0.546. The van der Waals surface area contributed by atoms with Crippen LogP contribution in [-0.2, 0) is 0 Å². The minimum absolute atomic E-state index is 0.546. The molecule has 0 aliphatic carbocycles. The van der Waals surface area contributed by atoms with Crippen molar-refractivity contribution in [3.05, 3.63) is 29.0 Å². The molecule has 2 N–H and O–H groups in total. The van der Waals surface area contributed by atoms with Gasteiger partial charge in [-0.2, -0.15) is 0 Å². The molecule has 2 atom stereocenters. The second-order valence-corrected chi connectivity index (χ2v) is 6.75. The minimum Gasteiger partial charge on any atom is -0.380 e. The van der Waals surface area contributed by atoms with Crippen LogP contribution in [0.3, 0.4) is 0 Å². The standard InChI is InChI=1S/C15H17BrN4/c16-9-5-14-15(18-8-9)13(3-4-17-14)20-12-6-10-1-2-11(7-12)19-10/h3-5,8,10-12,19H,1-2,6-7H2,(H,17,20). The summed E-state index contributed by atoms with van der Waals surface area (Å²) in [5.41, 5.74) is 3.00. The Hall–Kier alpha value is -1.20. The van der Waals surface area contributed by atoms with E-state index in [1.807, 2.05) is 24.5 Å². The molecule has 104 valence electrons. The predicted octanol–water partition coefficient (Wildman–Crippen LogP) is 3.09. The highest BCUT2D eigenvalue weighted by atomic mass is 79.9. The topological polar surface area (TPSA) is 49.8 Å². The zero-order valence-electron chi connectivity index (χ0n) is 11.1. The molecule has 2 aliphatic heterocycles. The summed E-state index contributed by atoms with van der Waals surface area (Å²) in [6, 6.07) is 5.99. The van der Waals surface area contributed by atoms with Crippen molar-refractivity contribution in [1.82, 2.24) is 15.3 Å². The lowest BCUT2D eigenvalue weighted by Crippen LogP contribution is -2.43. The third kappa shape index (κ3) is 2.29. The Morgan fingerprint density at radius 3 is 2.80 bits per heavy atom. The number of nitrogens with zero attached hydrogens (tertiary/aromatic N) is 2. The molecule has 2 aromatic rings.